The van der Waals surface area contributed by atoms with Crippen LogP contribution in [0.1, 0.15) is 37.4 Å². The second kappa shape index (κ2) is 6.95. The predicted octanol–water partition coefficient (Wildman–Crippen LogP) is 1.34. The van der Waals surface area contributed by atoms with Gasteiger partial charge in [-0.25, -0.2) is 0 Å². The molecule has 0 aliphatic carbocycles. The fourth-order valence-corrected chi connectivity index (χ4v) is 3.57. The van der Waals surface area contributed by atoms with E-state index in [2.05, 4.69) is 10.1 Å². The van der Waals surface area contributed by atoms with Crippen LogP contribution in [0.15, 0.2) is 4.52 Å². The normalized spacial score (nSPS) is 26.0. The first-order valence-corrected chi connectivity index (χ1v) is 8.57. The van der Waals surface area contributed by atoms with Crippen LogP contribution in [0.2, 0.25) is 0 Å². The highest BCUT2D eigenvalue weighted by atomic mass is 19.3. The van der Waals surface area contributed by atoms with Gasteiger partial charge in [-0.2, -0.15) is 13.8 Å². The molecule has 2 aliphatic rings. The van der Waals surface area contributed by atoms with Gasteiger partial charge in [-0.15, -0.1) is 0 Å². The number of carbonyl (C=O) groups excluding carboxylic acids is 1. The maximum Gasteiger partial charge on any atom is 0.327 e. The molecule has 0 aromatic carbocycles. The van der Waals surface area contributed by atoms with Crippen molar-refractivity contribution in [2.45, 2.75) is 50.6 Å². The molecule has 1 unspecified atom stereocenters. The van der Waals surface area contributed by atoms with Crippen LogP contribution in [0.25, 0.3) is 0 Å². The van der Waals surface area contributed by atoms with E-state index in [1.54, 1.807) is 6.92 Å². The molecule has 2 aliphatic heterocycles. The quantitative estimate of drug-likeness (QED) is 0.873. The number of piperidine rings is 1. The van der Waals surface area contributed by atoms with E-state index in [4.69, 9.17) is 9.26 Å². The molecule has 9 heteroatoms. The van der Waals surface area contributed by atoms with E-state index in [0.29, 0.717) is 18.7 Å². The number of alkyl halides is 2. The number of nitrogens with zero attached hydrogens (tertiary/aromatic N) is 3. The van der Waals surface area contributed by atoms with Crippen LogP contribution in [0.3, 0.4) is 0 Å². The summed E-state index contributed by atoms with van der Waals surface area (Å²) in [6.07, 6.45) is 1.21. The molecule has 140 valence electrons. The number of carbonyl (C=O) groups is 1. The Hall–Kier alpha value is -1.61. The van der Waals surface area contributed by atoms with Crippen molar-refractivity contribution in [2.24, 2.45) is 5.92 Å². The van der Waals surface area contributed by atoms with Gasteiger partial charge in [0, 0.05) is 25.7 Å². The molecule has 1 atom stereocenters. The number of hydrogen-bond acceptors (Lipinski definition) is 6. The number of aryl methyl sites for hydroxylation is 1. The van der Waals surface area contributed by atoms with Crippen LogP contribution in [0, 0.1) is 12.8 Å². The molecule has 1 amide bonds. The van der Waals surface area contributed by atoms with Crippen molar-refractivity contribution in [1.82, 2.24) is 15.0 Å². The molecule has 1 aromatic heterocycles. The summed E-state index contributed by atoms with van der Waals surface area (Å²) in [5.41, 5.74) is -1.33. The summed E-state index contributed by atoms with van der Waals surface area (Å²) in [7, 11) is 0. The lowest BCUT2D eigenvalue weighted by molar-refractivity contribution is -0.177. The summed E-state index contributed by atoms with van der Waals surface area (Å²) >= 11 is 0. The van der Waals surface area contributed by atoms with Gasteiger partial charge in [0.2, 0.25) is 5.89 Å². The minimum absolute atomic E-state index is 0.0421. The smallest absolute Gasteiger partial charge is 0.327 e. The number of β-amino-alcohol motifs (C(OH)–C–C–N with tert-alkyl or cyclic N) is 1. The van der Waals surface area contributed by atoms with Crippen molar-refractivity contribution in [1.29, 1.82) is 0 Å². The lowest BCUT2D eigenvalue weighted by Gasteiger charge is -2.41. The van der Waals surface area contributed by atoms with Gasteiger partial charge in [0.15, 0.2) is 5.82 Å². The first-order valence-electron chi connectivity index (χ1n) is 8.57. The number of rotatable bonds is 4. The summed E-state index contributed by atoms with van der Waals surface area (Å²) in [6.45, 7) is 2.19. The van der Waals surface area contributed by atoms with Crippen molar-refractivity contribution < 1.29 is 27.9 Å². The molecule has 2 saturated heterocycles. The van der Waals surface area contributed by atoms with Crippen molar-refractivity contribution in [3.05, 3.63) is 11.7 Å². The average Bonchev–Trinajstić information content (AvgIpc) is 2.99. The number of hydrogen-bond donors (Lipinski definition) is 1. The van der Waals surface area contributed by atoms with E-state index in [0.717, 1.165) is 4.90 Å². The Balaban J connectivity index is 1.68. The third-order valence-corrected chi connectivity index (χ3v) is 4.91. The number of likely N-dealkylation sites (tertiary alicyclic amines) is 1. The van der Waals surface area contributed by atoms with Crippen molar-refractivity contribution in [2.75, 3.05) is 26.3 Å². The van der Waals surface area contributed by atoms with Gasteiger partial charge < -0.3 is 19.3 Å². The van der Waals surface area contributed by atoms with Gasteiger partial charge in [-0.1, -0.05) is 5.16 Å². The Labute approximate surface area is 144 Å². The third-order valence-electron chi connectivity index (χ3n) is 4.91. The van der Waals surface area contributed by atoms with Crippen LogP contribution in [0.4, 0.5) is 8.78 Å². The van der Waals surface area contributed by atoms with Crippen molar-refractivity contribution in [3.8, 4) is 0 Å². The van der Waals surface area contributed by atoms with E-state index in [1.807, 2.05) is 0 Å². The number of aromatic nitrogens is 2. The monoisotopic (exact) mass is 359 g/mol. The van der Waals surface area contributed by atoms with Crippen LogP contribution in [-0.4, -0.2) is 63.9 Å². The molecule has 0 saturated carbocycles. The molecule has 0 radical (unpaired) electrons. The Morgan fingerprint density at radius 3 is 2.80 bits per heavy atom. The molecule has 0 spiro atoms. The summed E-state index contributed by atoms with van der Waals surface area (Å²) in [5.74, 6) is -4.98. The van der Waals surface area contributed by atoms with Crippen LogP contribution in [-0.2, 0) is 16.0 Å². The van der Waals surface area contributed by atoms with Gasteiger partial charge in [0.25, 0.3) is 5.91 Å². The highest BCUT2D eigenvalue weighted by molar-refractivity contribution is 5.84. The minimum atomic E-state index is -3.44. The zero-order chi connectivity index (χ0) is 18.1. The summed E-state index contributed by atoms with van der Waals surface area (Å²) < 4.78 is 39.3. The van der Waals surface area contributed by atoms with Crippen LogP contribution < -0.4 is 0 Å². The van der Waals surface area contributed by atoms with Gasteiger partial charge in [-0.3, -0.25) is 4.79 Å². The second-order valence-corrected chi connectivity index (χ2v) is 6.98. The average molecular weight is 359 g/mol. The highest BCUT2D eigenvalue weighted by Gasteiger charge is 2.51. The first-order chi connectivity index (χ1) is 11.8. The van der Waals surface area contributed by atoms with Crippen molar-refractivity contribution in [3.63, 3.8) is 0 Å². The number of ether oxygens (including phenoxy) is 1. The van der Waals surface area contributed by atoms with E-state index in [1.165, 1.54) is 0 Å². The van der Waals surface area contributed by atoms with Gasteiger partial charge in [-0.05, 0) is 32.6 Å². The molecule has 2 fully saturated rings. The summed E-state index contributed by atoms with van der Waals surface area (Å²) in [4.78, 5) is 17.5. The summed E-state index contributed by atoms with van der Waals surface area (Å²) in [6, 6.07) is 0. The predicted molar refractivity (Wildman–Crippen MR) is 82.0 cm³/mol. The Bertz CT molecular complexity index is 618. The number of amides is 1. The zero-order valence-electron chi connectivity index (χ0n) is 14.2. The topological polar surface area (TPSA) is 88.7 Å². The third kappa shape index (κ3) is 3.98. The van der Waals surface area contributed by atoms with Crippen molar-refractivity contribution >= 4 is 5.91 Å². The number of halogens is 2. The molecular weight excluding hydrogens is 336 g/mol. The Morgan fingerprint density at radius 2 is 2.16 bits per heavy atom. The van der Waals surface area contributed by atoms with E-state index >= 15 is 0 Å². The first kappa shape index (κ1) is 18.2. The van der Waals surface area contributed by atoms with E-state index < -0.39 is 23.3 Å². The standard InChI is InChI=1S/C16H23F2N3O4/c1-11-19-13(25-20-11)9-15(23)5-2-6-21(10-15)14(22)16(17,18)12-3-7-24-8-4-12/h12,23H,2-10H2,1H3. The Kier molecular flexibility index (Phi) is 5.06. The molecule has 1 aromatic rings. The molecule has 7 nitrogen and oxygen atoms in total. The number of aliphatic hydroxyl groups is 1. The molecular formula is C16H23F2N3O4. The SMILES string of the molecule is Cc1noc(CC2(O)CCCN(C(=O)C(F)(F)C3CCOCC3)C2)n1. The zero-order valence-corrected chi connectivity index (χ0v) is 14.2. The molecule has 3 heterocycles. The van der Waals surface area contributed by atoms with Crippen LogP contribution >= 0.6 is 0 Å². The molecule has 1 N–H and O–H groups in total. The largest absolute Gasteiger partial charge is 0.388 e. The maximum atomic E-state index is 14.6. The van der Waals surface area contributed by atoms with E-state index in [-0.39, 0.29) is 51.5 Å². The second-order valence-electron chi connectivity index (χ2n) is 6.98. The minimum Gasteiger partial charge on any atom is -0.388 e. The molecule has 25 heavy (non-hydrogen) atoms. The fraction of sp³-hybridized carbons (Fsp3) is 0.812. The summed E-state index contributed by atoms with van der Waals surface area (Å²) in [5, 5.41) is 14.4. The van der Waals surface area contributed by atoms with Gasteiger partial charge >= 0.3 is 5.92 Å². The van der Waals surface area contributed by atoms with Gasteiger partial charge in [0.1, 0.15) is 0 Å². The maximum absolute atomic E-state index is 14.6. The fourth-order valence-electron chi connectivity index (χ4n) is 3.57. The molecule has 3 rings (SSSR count). The lowest BCUT2D eigenvalue weighted by Crippen LogP contribution is -2.57. The Morgan fingerprint density at radius 1 is 1.44 bits per heavy atom. The van der Waals surface area contributed by atoms with Crippen LogP contribution in [0.5, 0.6) is 0 Å². The molecule has 0 bridgehead atoms. The highest BCUT2D eigenvalue weighted by Crippen LogP contribution is 2.36. The lowest BCUT2D eigenvalue weighted by atomic mass is 9.87. The van der Waals surface area contributed by atoms with E-state index in [9.17, 15) is 18.7 Å². The van der Waals surface area contributed by atoms with Gasteiger partial charge in [0.05, 0.1) is 18.6 Å².